The summed E-state index contributed by atoms with van der Waals surface area (Å²) in [6, 6.07) is 12.9. The molecule has 1 saturated heterocycles. The van der Waals surface area contributed by atoms with E-state index >= 15 is 0 Å². The number of aliphatic hydroxyl groups excluding tert-OH is 1. The quantitative estimate of drug-likeness (QED) is 0.582. The zero-order valence-corrected chi connectivity index (χ0v) is 19.1. The minimum absolute atomic E-state index is 0.163. The van der Waals surface area contributed by atoms with Crippen molar-refractivity contribution < 1.29 is 19.4 Å². The van der Waals surface area contributed by atoms with E-state index in [1.165, 1.54) is 6.42 Å². The van der Waals surface area contributed by atoms with Gasteiger partial charge in [-0.05, 0) is 55.9 Å². The molecule has 32 heavy (non-hydrogen) atoms. The second-order valence-corrected chi connectivity index (χ2v) is 8.15. The molecule has 2 aromatic carbocycles. The molecule has 1 heterocycles. The Balaban J connectivity index is 1.72. The molecule has 1 fully saturated rings. The van der Waals surface area contributed by atoms with Gasteiger partial charge in [0.2, 0.25) is 5.91 Å². The van der Waals surface area contributed by atoms with Crippen LogP contribution >= 0.6 is 0 Å². The number of piperidine rings is 1. The highest BCUT2D eigenvalue weighted by molar-refractivity contribution is 5.91. The van der Waals surface area contributed by atoms with Crippen LogP contribution in [0.3, 0.4) is 0 Å². The van der Waals surface area contributed by atoms with Crippen molar-refractivity contribution in [3.8, 4) is 0 Å². The Morgan fingerprint density at radius 1 is 1.09 bits per heavy atom. The van der Waals surface area contributed by atoms with Crippen LogP contribution in [-0.2, 0) is 22.4 Å². The number of benzene rings is 2. The van der Waals surface area contributed by atoms with E-state index in [0.717, 1.165) is 48.3 Å². The molecule has 2 N–H and O–H groups in total. The fourth-order valence-corrected chi connectivity index (χ4v) is 4.32. The van der Waals surface area contributed by atoms with Crippen molar-refractivity contribution >= 4 is 17.6 Å². The van der Waals surface area contributed by atoms with Crippen molar-refractivity contribution in [3.05, 3.63) is 64.7 Å². The third-order valence-electron chi connectivity index (χ3n) is 5.94. The predicted octanol–water partition coefficient (Wildman–Crippen LogP) is 3.81. The number of aryl methyl sites for hydroxylation is 1. The molecule has 172 valence electrons. The maximum absolute atomic E-state index is 12.8. The average Bonchev–Trinajstić information content (AvgIpc) is 2.83. The van der Waals surface area contributed by atoms with Gasteiger partial charge in [-0.25, -0.2) is 4.79 Å². The Labute approximate surface area is 190 Å². The third-order valence-corrected chi connectivity index (χ3v) is 5.94. The first-order chi connectivity index (χ1) is 15.6. The molecule has 2 aromatic rings. The van der Waals surface area contributed by atoms with E-state index in [9.17, 15) is 14.7 Å². The smallest absolute Gasteiger partial charge is 0.338 e. The van der Waals surface area contributed by atoms with Crippen molar-refractivity contribution in [2.24, 2.45) is 0 Å². The first kappa shape index (κ1) is 23.8. The van der Waals surface area contributed by atoms with Gasteiger partial charge < -0.3 is 20.1 Å². The molecule has 1 unspecified atom stereocenters. The number of anilines is 1. The molecule has 1 amide bonds. The molecule has 0 aliphatic carbocycles. The summed E-state index contributed by atoms with van der Waals surface area (Å²) >= 11 is 0. The number of amides is 1. The predicted molar refractivity (Wildman–Crippen MR) is 126 cm³/mol. The lowest BCUT2D eigenvalue weighted by atomic mass is 9.99. The average molecular weight is 439 g/mol. The van der Waals surface area contributed by atoms with Crippen LogP contribution in [0.4, 0.5) is 5.69 Å². The fraction of sp³-hybridized carbons (Fsp3) is 0.462. The second-order valence-electron chi connectivity index (χ2n) is 8.15. The van der Waals surface area contributed by atoms with Gasteiger partial charge in [0.05, 0.1) is 31.2 Å². The second kappa shape index (κ2) is 11.7. The fourth-order valence-electron chi connectivity index (χ4n) is 4.32. The molecule has 0 aromatic heterocycles. The van der Waals surface area contributed by atoms with Gasteiger partial charge in [-0.1, -0.05) is 37.3 Å². The highest BCUT2D eigenvalue weighted by Gasteiger charge is 2.21. The van der Waals surface area contributed by atoms with Crippen LogP contribution in [0.2, 0.25) is 0 Å². The van der Waals surface area contributed by atoms with Crippen molar-refractivity contribution in [1.29, 1.82) is 0 Å². The minimum Gasteiger partial charge on any atom is -0.462 e. The molecule has 1 aliphatic heterocycles. The number of ether oxygens (including phenoxy) is 1. The maximum Gasteiger partial charge on any atom is 0.338 e. The Bertz CT molecular complexity index is 922. The van der Waals surface area contributed by atoms with Crippen molar-refractivity contribution in [1.82, 2.24) is 5.32 Å². The molecule has 1 atom stereocenters. The number of carbonyl (C=O) groups is 2. The van der Waals surface area contributed by atoms with E-state index < -0.39 is 6.04 Å². The van der Waals surface area contributed by atoms with Crippen molar-refractivity contribution in [2.45, 2.75) is 52.0 Å². The van der Waals surface area contributed by atoms with Crippen molar-refractivity contribution in [2.75, 3.05) is 31.2 Å². The molecule has 3 rings (SSSR count). The number of carbonyl (C=O) groups excluding carboxylic acids is 2. The van der Waals surface area contributed by atoms with E-state index in [1.807, 2.05) is 31.2 Å². The zero-order chi connectivity index (χ0) is 22.9. The summed E-state index contributed by atoms with van der Waals surface area (Å²) in [7, 11) is 0. The Hall–Kier alpha value is -2.86. The highest BCUT2D eigenvalue weighted by atomic mass is 16.5. The highest BCUT2D eigenvalue weighted by Crippen LogP contribution is 2.29. The molecular formula is C26H34N2O4. The lowest BCUT2D eigenvalue weighted by Crippen LogP contribution is -2.35. The summed E-state index contributed by atoms with van der Waals surface area (Å²) in [4.78, 5) is 27.3. The van der Waals surface area contributed by atoms with E-state index in [1.54, 1.807) is 19.1 Å². The van der Waals surface area contributed by atoms with Crippen LogP contribution in [-0.4, -0.2) is 43.3 Å². The first-order valence-electron chi connectivity index (χ1n) is 11.6. The van der Waals surface area contributed by atoms with Crippen LogP contribution in [0.5, 0.6) is 0 Å². The van der Waals surface area contributed by atoms with E-state index in [4.69, 9.17) is 4.74 Å². The lowest BCUT2D eigenvalue weighted by Gasteiger charge is -2.32. The van der Waals surface area contributed by atoms with Gasteiger partial charge in [0.15, 0.2) is 0 Å². The van der Waals surface area contributed by atoms with Crippen LogP contribution in [0.15, 0.2) is 42.5 Å². The van der Waals surface area contributed by atoms with Crippen LogP contribution < -0.4 is 10.2 Å². The Kier molecular flexibility index (Phi) is 8.68. The van der Waals surface area contributed by atoms with Gasteiger partial charge in [-0.2, -0.15) is 0 Å². The molecule has 0 radical (unpaired) electrons. The summed E-state index contributed by atoms with van der Waals surface area (Å²) in [6.45, 7) is 5.90. The van der Waals surface area contributed by atoms with Gasteiger partial charge in [0, 0.05) is 24.3 Å². The third kappa shape index (κ3) is 5.88. The normalized spacial score (nSPS) is 14.7. The van der Waals surface area contributed by atoms with Gasteiger partial charge in [-0.15, -0.1) is 0 Å². The Morgan fingerprint density at radius 2 is 1.84 bits per heavy atom. The van der Waals surface area contributed by atoms with Gasteiger partial charge in [-0.3, -0.25) is 4.79 Å². The molecule has 0 spiro atoms. The first-order valence-corrected chi connectivity index (χ1v) is 11.6. The van der Waals surface area contributed by atoms with Gasteiger partial charge >= 0.3 is 5.97 Å². The number of para-hydroxylation sites is 1. The number of nitrogens with zero attached hydrogens (tertiary/aromatic N) is 1. The van der Waals surface area contributed by atoms with Crippen LogP contribution in [0, 0.1) is 0 Å². The van der Waals surface area contributed by atoms with E-state index in [2.05, 4.69) is 16.3 Å². The summed E-state index contributed by atoms with van der Waals surface area (Å²) in [5.41, 5.74) is 4.26. The van der Waals surface area contributed by atoms with Crippen LogP contribution in [0.25, 0.3) is 0 Å². The van der Waals surface area contributed by atoms with Gasteiger partial charge in [0.1, 0.15) is 0 Å². The minimum atomic E-state index is -0.468. The monoisotopic (exact) mass is 438 g/mol. The molecule has 6 nitrogen and oxygen atoms in total. The maximum atomic E-state index is 12.8. The largest absolute Gasteiger partial charge is 0.462 e. The number of nitrogens with one attached hydrogen (secondary N) is 1. The summed E-state index contributed by atoms with van der Waals surface area (Å²) in [6.07, 6.45) is 4.41. The standard InChI is InChI=1S/C26H34N2O4/c1-3-20-16-19(12-13-21(20)26(31)32-4-2)17-25(30)27-23(18-29)22-10-6-7-11-24(22)28-14-8-5-9-15-28/h6-7,10-13,16,23,29H,3-5,8-9,14-15,17-18H2,1-2H3,(H,27,30). The summed E-state index contributed by atoms with van der Waals surface area (Å²) < 4.78 is 5.12. The number of aliphatic hydroxyl groups is 1. The molecule has 1 aliphatic rings. The molecular weight excluding hydrogens is 404 g/mol. The molecule has 0 saturated carbocycles. The number of esters is 1. The van der Waals surface area contributed by atoms with Gasteiger partial charge in [0.25, 0.3) is 0 Å². The molecule has 0 bridgehead atoms. The zero-order valence-electron chi connectivity index (χ0n) is 19.1. The number of hydrogen-bond acceptors (Lipinski definition) is 5. The molecule has 6 heteroatoms. The van der Waals surface area contributed by atoms with E-state index in [0.29, 0.717) is 18.6 Å². The summed E-state index contributed by atoms with van der Waals surface area (Å²) in [5.74, 6) is -0.501. The SMILES string of the molecule is CCOC(=O)c1ccc(CC(=O)NC(CO)c2ccccc2N2CCCCC2)cc1CC. The van der Waals surface area contributed by atoms with Crippen molar-refractivity contribution in [3.63, 3.8) is 0 Å². The number of hydrogen-bond donors (Lipinski definition) is 2. The Morgan fingerprint density at radius 3 is 2.53 bits per heavy atom. The van der Waals surface area contributed by atoms with E-state index in [-0.39, 0.29) is 24.9 Å². The topological polar surface area (TPSA) is 78.9 Å². The lowest BCUT2D eigenvalue weighted by molar-refractivity contribution is -0.121. The van der Waals surface area contributed by atoms with Crippen LogP contribution in [0.1, 0.15) is 66.2 Å². The summed E-state index contributed by atoms with van der Waals surface area (Å²) in [5, 5.41) is 13.1. The number of rotatable bonds is 9.